The maximum atomic E-state index is 13.8. The fourth-order valence-corrected chi connectivity index (χ4v) is 4.50. The van der Waals surface area contributed by atoms with Crippen molar-refractivity contribution in [3.05, 3.63) is 97.0 Å². The number of ether oxygens (including phenoxy) is 1. The van der Waals surface area contributed by atoms with Gasteiger partial charge in [-0.15, -0.1) is 0 Å². The van der Waals surface area contributed by atoms with E-state index < -0.39 is 0 Å². The molecular weight excluding hydrogens is 538 g/mol. The van der Waals surface area contributed by atoms with E-state index in [0.717, 1.165) is 5.56 Å². The Morgan fingerprint density at radius 1 is 1.12 bits per heavy atom. The van der Waals surface area contributed by atoms with E-state index in [9.17, 15) is 9.18 Å². The zero-order valence-electron chi connectivity index (χ0n) is 16.2. The first-order chi connectivity index (χ1) is 15.4. The SMILES string of the molecule is O=C1NC(=Nc2cccc(Cl)c2Cl)S/C1=C\c1ccc(OCc2ccccc2F)c(Br)c1. The average molecular weight is 552 g/mol. The molecule has 32 heavy (non-hydrogen) atoms. The van der Waals surface area contributed by atoms with Crippen molar-refractivity contribution in [2.75, 3.05) is 0 Å². The Bertz CT molecular complexity index is 1270. The third-order valence-electron chi connectivity index (χ3n) is 4.40. The molecule has 9 heteroatoms. The Morgan fingerprint density at radius 3 is 2.72 bits per heavy atom. The summed E-state index contributed by atoms with van der Waals surface area (Å²) in [6, 6.07) is 17.0. The van der Waals surface area contributed by atoms with Crippen molar-refractivity contribution < 1.29 is 13.9 Å². The summed E-state index contributed by atoms with van der Waals surface area (Å²) in [5, 5.41) is 3.85. The van der Waals surface area contributed by atoms with Crippen molar-refractivity contribution in [2.24, 2.45) is 4.99 Å². The Balaban J connectivity index is 1.48. The molecule has 1 aliphatic heterocycles. The number of halogens is 4. The van der Waals surface area contributed by atoms with Crippen molar-refractivity contribution in [2.45, 2.75) is 6.61 Å². The molecule has 1 aliphatic rings. The van der Waals surface area contributed by atoms with Crippen LogP contribution in [0, 0.1) is 5.82 Å². The number of aliphatic imine (C=N–C) groups is 1. The minimum absolute atomic E-state index is 0.107. The lowest BCUT2D eigenvalue weighted by molar-refractivity contribution is -0.115. The van der Waals surface area contributed by atoms with E-state index in [2.05, 4.69) is 26.2 Å². The Hall–Kier alpha value is -2.32. The Morgan fingerprint density at radius 2 is 1.94 bits per heavy atom. The van der Waals surface area contributed by atoms with Gasteiger partial charge in [-0.3, -0.25) is 4.79 Å². The van der Waals surface area contributed by atoms with Crippen molar-refractivity contribution >= 4 is 73.7 Å². The molecular formula is C23H14BrCl2FN2O2S. The van der Waals surface area contributed by atoms with Crippen LogP contribution < -0.4 is 10.1 Å². The van der Waals surface area contributed by atoms with Crippen LogP contribution in [0.15, 0.2) is 75.0 Å². The highest BCUT2D eigenvalue weighted by atomic mass is 79.9. The highest BCUT2D eigenvalue weighted by molar-refractivity contribution is 9.10. The van der Waals surface area contributed by atoms with Crippen LogP contribution in [0.1, 0.15) is 11.1 Å². The minimum Gasteiger partial charge on any atom is -0.488 e. The minimum atomic E-state index is -0.314. The fourth-order valence-electron chi connectivity index (χ4n) is 2.81. The van der Waals surface area contributed by atoms with Gasteiger partial charge in [0, 0.05) is 5.56 Å². The predicted molar refractivity (Wildman–Crippen MR) is 132 cm³/mol. The van der Waals surface area contributed by atoms with Crippen LogP contribution in [0.4, 0.5) is 10.1 Å². The van der Waals surface area contributed by atoms with Crippen LogP contribution in [0.3, 0.4) is 0 Å². The molecule has 4 rings (SSSR count). The number of nitrogens with zero attached hydrogens (tertiary/aromatic N) is 1. The molecule has 0 saturated carbocycles. The zero-order chi connectivity index (χ0) is 22.7. The topological polar surface area (TPSA) is 50.7 Å². The van der Waals surface area contributed by atoms with Gasteiger partial charge in [0.05, 0.1) is 25.1 Å². The molecule has 0 atom stereocenters. The molecule has 1 amide bonds. The third kappa shape index (κ3) is 5.35. The molecule has 0 radical (unpaired) electrons. The lowest BCUT2D eigenvalue weighted by atomic mass is 10.2. The summed E-state index contributed by atoms with van der Waals surface area (Å²) in [6.07, 6.45) is 1.74. The second-order valence-corrected chi connectivity index (χ2v) is 9.29. The molecule has 3 aromatic rings. The molecule has 0 unspecified atom stereocenters. The summed E-state index contributed by atoms with van der Waals surface area (Å²) < 4.78 is 20.2. The van der Waals surface area contributed by atoms with E-state index in [1.165, 1.54) is 17.8 Å². The fraction of sp³-hybridized carbons (Fsp3) is 0.0435. The van der Waals surface area contributed by atoms with Gasteiger partial charge in [0.25, 0.3) is 5.91 Å². The number of benzene rings is 3. The van der Waals surface area contributed by atoms with Crippen LogP contribution in [-0.4, -0.2) is 11.1 Å². The smallest absolute Gasteiger partial charge is 0.264 e. The summed E-state index contributed by atoms with van der Waals surface area (Å²) >= 11 is 16.9. The lowest BCUT2D eigenvalue weighted by Crippen LogP contribution is -2.19. The molecule has 162 valence electrons. The van der Waals surface area contributed by atoms with Gasteiger partial charge < -0.3 is 10.1 Å². The second kappa shape index (κ2) is 10.1. The number of hydrogen-bond acceptors (Lipinski definition) is 4. The molecule has 0 aliphatic carbocycles. The third-order valence-corrected chi connectivity index (χ3v) is 6.74. The van der Waals surface area contributed by atoms with Gasteiger partial charge in [0.15, 0.2) is 5.17 Å². The number of carbonyl (C=O) groups excluding carboxylic acids is 1. The average Bonchev–Trinajstić information content (AvgIpc) is 3.10. The predicted octanol–water partition coefficient (Wildman–Crippen LogP) is 7.37. The maximum Gasteiger partial charge on any atom is 0.264 e. The van der Waals surface area contributed by atoms with E-state index in [1.807, 2.05) is 12.1 Å². The normalized spacial score (nSPS) is 15.9. The standard InChI is InChI=1S/C23H14BrCl2FN2O2S/c24-15-10-13(8-9-19(15)31-12-14-4-1-2-6-17(14)27)11-20-22(30)29-23(32-20)28-18-7-3-5-16(25)21(18)26/h1-11H,12H2,(H,28,29,30)/b20-11-. The summed E-state index contributed by atoms with van der Waals surface area (Å²) in [6.45, 7) is 0.107. The number of amides is 1. The van der Waals surface area contributed by atoms with Gasteiger partial charge in [-0.25, -0.2) is 9.38 Å². The summed E-state index contributed by atoms with van der Waals surface area (Å²) in [5.41, 5.74) is 1.73. The number of amidine groups is 1. The first-order valence-electron chi connectivity index (χ1n) is 9.30. The first kappa shape index (κ1) is 22.9. The van der Waals surface area contributed by atoms with Crippen LogP contribution >= 0.6 is 50.9 Å². The van der Waals surface area contributed by atoms with E-state index in [1.54, 1.807) is 48.5 Å². The summed E-state index contributed by atoms with van der Waals surface area (Å²) in [5.74, 6) is -0.00884. The van der Waals surface area contributed by atoms with Crippen LogP contribution in [0.5, 0.6) is 5.75 Å². The van der Waals surface area contributed by atoms with Crippen LogP contribution in [0.2, 0.25) is 10.0 Å². The molecule has 4 nitrogen and oxygen atoms in total. The first-order valence-corrected chi connectivity index (χ1v) is 11.7. The number of carbonyl (C=O) groups is 1. The van der Waals surface area contributed by atoms with Gasteiger partial charge in [0.2, 0.25) is 0 Å². The molecule has 1 N–H and O–H groups in total. The van der Waals surface area contributed by atoms with Gasteiger partial charge in [0.1, 0.15) is 18.2 Å². The van der Waals surface area contributed by atoms with Gasteiger partial charge in [-0.05, 0) is 69.7 Å². The number of hydrogen-bond donors (Lipinski definition) is 1. The quantitative estimate of drug-likeness (QED) is 0.337. The van der Waals surface area contributed by atoms with Gasteiger partial charge >= 0.3 is 0 Å². The van der Waals surface area contributed by atoms with Crippen molar-refractivity contribution in [3.8, 4) is 5.75 Å². The highest BCUT2D eigenvalue weighted by Crippen LogP contribution is 2.35. The van der Waals surface area contributed by atoms with E-state index in [0.29, 0.717) is 41.6 Å². The zero-order valence-corrected chi connectivity index (χ0v) is 20.2. The van der Waals surface area contributed by atoms with Gasteiger partial charge in [-0.2, -0.15) is 0 Å². The monoisotopic (exact) mass is 550 g/mol. The van der Waals surface area contributed by atoms with Crippen molar-refractivity contribution in [3.63, 3.8) is 0 Å². The lowest BCUT2D eigenvalue weighted by Gasteiger charge is -2.09. The van der Waals surface area contributed by atoms with E-state index in [-0.39, 0.29) is 18.3 Å². The molecule has 1 fully saturated rings. The van der Waals surface area contributed by atoms with Crippen LogP contribution in [0.25, 0.3) is 6.08 Å². The van der Waals surface area contributed by atoms with Crippen molar-refractivity contribution in [1.82, 2.24) is 5.32 Å². The van der Waals surface area contributed by atoms with Gasteiger partial charge in [-0.1, -0.05) is 53.5 Å². The highest BCUT2D eigenvalue weighted by Gasteiger charge is 2.24. The molecule has 3 aromatic carbocycles. The molecule has 1 heterocycles. The maximum absolute atomic E-state index is 13.8. The number of thioether (sulfide) groups is 1. The van der Waals surface area contributed by atoms with E-state index >= 15 is 0 Å². The number of rotatable bonds is 5. The molecule has 0 spiro atoms. The Kier molecular flexibility index (Phi) is 7.20. The van der Waals surface area contributed by atoms with E-state index in [4.69, 9.17) is 27.9 Å². The van der Waals surface area contributed by atoms with Crippen molar-refractivity contribution in [1.29, 1.82) is 0 Å². The molecule has 0 aromatic heterocycles. The summed E-state index contributed by atoms with van der Waals surface area (Å²) in [4.78, 5) is 17.2. The number of nitrogens with one attached hydrogen (secondary N) is 1. The second-order valence-electron chi connectivity index (χ2n) is 6.62. The van der Waals surface area contributed by atoms with Crippen LogP contribution in [-0.2, 0) is 11.4 Å². The molecule has 1 saturated heterocycles. The summed E-state index contributed by atoms with van der Waals surface area (Å²) in [7, 11) is 0. The Labute approximate surface area is 206 Å². The molecule has 0 bridgehead atoms. The largest absolute Gasteiger partial charge is 0.488 e.